The molecule has 0 aliphatic carbocycles. The van der Waals surface area contributed by atoms with E-state index in [1.807, 2.05) is 41.3 Å². The summed E-state index contributed by atoms with van der Waals surface area (Å²) >= 11 is 6.09. The maximum Gasteiger partial charge on any atom is 0.275 e. The number of fused-ring (bicyclic) bond motifs is 1. The van der Waals surface area contributed by atoms with Crippen molar-refractivity contribution in [3.8, 4) is 5.88 Å². The number of azo groups is 1. The molecule has 1 saturated heterocycles. The fourth-order valence-electron chi connectivity index (χ4n) is 3.36. The molecule has 10 nitrogen and oxygen atoms in total. The molecule has 1 aliphatic rings. The van der Waals surface area contributed by atoms with Crippen LogP contribution in [0.5, 0.6) is 5.88 Å². The summed E-state index contributed by atoms with van der Waals surface area (Å²) < 4.78 is 5.42. The number of rotatable bonds is 5. The van der Waals surface area contributed by atoms with Crippen LogP contribution in [-0.4, -0.2) is 51.3 Å². The zero-order chi connectivity index (χ0) is 21.9. The molecule has 0 unspecified atom stereocenters. The first-order chi connectivity index (χ1) is 15.7. The molecule has 0 saturated carbocycles. The van der Waals surface area contributed by atoms with Gasteiger partial charge in [-0.1, -0.05) is 35.9 Å². The zero-order valence-electron chi connectivity index (χ0n) is 16.9. The molecule has 0 spiro atoms. The topological polar surface area (TPSA) is 124 Å². The molecule has 0 amide bonds. The van der Waals surface area contributed by atoms with Crippen molar-refractivity contribution in [1.82, 2.24) is 19.9 Å². The average molecular weight is 451 g/mol. The maximum atomic E-state index is 10.2. The third kappa shape index (κ3) is 4.32. The van der Waals surface area contributed by atoms with E-state index in [-0.39, 0.29) is 11.8 Å². The number of hydrogen-bond acceptors (Lipinski definition) is 9. The second-order valence-electron chi connectivity index (χ2n) is 7.06. The minimum absolute atomic E-state index is 0.0744. The Morgan fingerprint density at radius 2 is 1.88 bits per heavy atom. The molecule has 2 aromatic heterocycles. The number of morpholine rings is 1. The van der Waals surface area contributed by atoms with E-state index in [0.717, 1.165) is 16.6 Å². The van der Waals surface area contributed by atoms with Crippen LogP contribution >= 0.6 is 11.6 Å². The zero-order valence-corrected chi connectivity index (χ0v) is 17.6. The standard InChI is InChI=1S/C21H19ClN8O2/c22-13-4-3-5-14(12-13)23-19-25-20(27-21(26-19)30-8-10-32-11-9-30)29-28-17-15-6-1-2-7-16(15)24-18(17)31/h1-7,12,24,31H,8-11H2,(H,23,25,26,27). The van der Waals surface area contributed by atoms with E-state index in [1.54, 1.807) is 12.1 Å². The van der Waals surface area contributed by atoms with E-state index in [2.05, 4.69) is 35.5 Å². The number of aromatic hydroxyl groups is 1. The summed E-state index contributed by atoms with van der Waals surface area (Å²) in [4.78, 5) is 18.2. The lowest BCUT2D eigenvalue weighted by atomic mass is 10.2. The van der Waals surface area contributed by atoms with Gasteiger partial charge < -0.3 is 25.0 Å². The fraction of sp³-hybridized carbons (Fsp3) is 0.190. The van der Waals surface area contributed by atoms with Crippen LogP contribution in [0.2, 0.25) is 5.02 Å². The Bertz CT molecular complexity index is 1290. The smallest absolute Gasteiger partial charge is 0.275 e. The van der Waals surface area contributed by atoms with Crippen molar-refractivity contribution < 1.29 is 9.84 Å². The maximum absolute atomic E-state index is 10.2. The van der Waals surface area contributed by atoms with Crippen LogP contribution in [-0.2, 0) is 4.74 Å². The lowest BCUT2D eigenvalue weighted by Crippen LogP contribution is -2.37. The van der Waals surface area contributed by atoms with Gasteiger partial charge in [0.1, 0.15) is 0 Å². The van der Waals surface area contributed by atoms with Crippen LogP contribution < -0.4 is 10.2 Å². The number of anilines is 3. The summed E-state index contributed by atoms with van der Waals surface area (Å²) in [6.45, 7) is 2.48. The minimum atomic E-state index is -0.0744. The monoisotopic (exact) mass is 450 g/mol. The van der Waals surface area contributed by atoms with Gasteiger partial charge in [-0.15, -0.1) is 10.2 Å². The predicted octanol–water partition coefficient (Wildman–Crippen LogP) is 4.71. The van der Waals surface area contributed by atoms with Crippen LogP contribution in [0.25, 0.3) is 10.9 Å². The molecule has 2 aromatic carbocycles. The number of nitrogens with one attached hydrogen (secondary N) is 2. The third-order valence-electron chi connectivity index (χ3n) is 4.89. The molecule has 162 valence electrons. The van der Waals surface area contributed by atoms with Crippen molar-refractivity contribution in [1.29, 1.82) is 0 Å². The van der Waals surface area contributed by atoms with E-state index in [0.29, 0.717) is 48.9 Å². The van der Waals surface area contributed by atoms with E-state index in [1.165, 1.54) is 0 Å². The number of halogens is 1. The number of aromatic amines is 1. The molecule has 5 rings (SSSR count). The van der Waals surface area contributed by atoms with Crippen molar-refractivity contribution in [2.45, 2.75) is 0 Å². The molecular weight excluding hydrogens is 432 g/mol. The van der Waals surface area contributed by atoms with Crippen molar-refractivity contribution >= 4 is 51.7 Å². The van der Waals surface area contributed by atoms with Gasteiger partial charge in [-0.3, -0.25) is 0 Å². The second-order valence-corrected chi connectivity index (χ2v) is 7.50. The summed E-state index contributed by atoms with van der Waals surface area (Å²) in [6.07, 6.45) is 0. The fourth-order valence-corrected chi connectivity index (χ4v) is 3.55. The quantitative estimate of drug-likeness (QED) is 0.376. The highest BCUT2D eigenvalue weighted by Crippen LogP contribution is 2.36. The number of nitrogens with zero attached hydrogens (tertiary/aromatic N) is 6. The average Bonchev–Trinajstić information content (AvgIpc) is 3.13. The van der Waals surface area contributed by atoms with Crippen molar-refractivity contribution in [2.75, 3.05) is 36.5 Å². The van der Waals surface area contributed by atoms with Gasteiger partial charge in [0.25, 0.3) is 5.95 Å². The largest absolute Gasteiger partial charge is 0.493 e. The van der Waals surface area contributed by atoms with Crippen LogP contribution in [0.3, 0.4) is 0 Å². The van der Waals surface area contributed by atoms with Gasteiger partial charge >= 0.3 is 0 Å². The summed E-state index contributed by atoms with van der Waals surface area (Å²) in [5.41, 5.74) is 1.80. The lowest BCUT2D eigenvalue weighted by Gasteiger charge is -2.26. The highest BCUT2D eigenvalue weighted by molar-refractivity contribution is 6.30. The highest BCUT2D eigenvalue weighted by Gasteiger charge is 2.17. The van der Waals surface area contributed by atoms with E-state index in [9.17, 15) is 5.11 Å². The van der Waals surface area contributed by atoms with Crippen LogP contribution in [0, 0.1) is 0 Å². The molecule has 1 fully saturated rings. The van der Waals surface area contributed by atoms with Gasteiger partial charge in [-0.05, 0) is 24.3 Å². The number of para-hydroxylation sites is 1. The summed E-state index contributed by atoms with van der Waals surface area (Å²) in [6, 6.07) is 14.7. The Morgan fingerprint density at radius 1 is 1.03 bits per heavy atom. The first kappa shape index (κ1) is 20.2. The van der Waals surface area contributed by atoms with Gasteiger partial charge in [-0.25, -0.2) is 0 Å². The molecule has 4 aromatic rings. The minimum Gasteiger partial charge on any atom is -0.493 e. The van der Waals surface area contributed by atoms with Gasteiger partial charge in [0.2, 0.25) is 17.8 Å². The SMILES string of the molecule is Oc1[nH]c2ccccc2c1N=Nc1nc(Nc2cccc(Cl)c2)nc(N2CCOCC2)n1. The lowest BCUT2D eigenvalue weighted by molar-refractivity contribution is 0.122. The Hall–Kier alpha value is -3.76. The normalized spacial score (nSPS) is 14.3. The van der Waals surface area contributed by atoms with Gasteiger partial charge in [0.05, 0.1) is 18.7 Å². The van der Waals surface area contributed by atoms with Crippen LogP contribution in [0.15, 0.2) is 58.8 Å². The molecule has 0 atom stereocenters. The number of benzene rings is 2. The first-order valence-corrected chi connectivity index (χ1v) is 10.4. The van der Waals surface area contributed by atoms with Crippen LogP contribution in [0.4, 0.5) is 29.2 Å². The molecule has 1 aliphatic heterocycles. The third-order valence-corrected chi connectivity index (χ3v) is 5.12. The molecule has 0 bridgehead atoms. The summed E-state index contributed by atoms with van der Waals surface area (Å²) in [7, 11) is 0. The molecule has 3 heterocycles. The Labute approximate surface area is 188 Å². The van der Waals surface area contributed by atoms with Crippen molar-refractivity contribution in [2.24, 2.45) is 10.2 Å². The summed E-state index contributed by atoms with van der Waals surface area (Å²) in [5.74, 6) is 0.802. The predicted molar refractivity (Wildman–Crippen MR) is 122 cm³/mol. The van der Waals surface area contributed by atoms with E-state index >= 15 is 0 Å². The number of hydrogen-bond donors (Lipinski definition) is 3. The molecular formula is C21H19ClN8O2. The molecule has 32 heavy (non-hydrogen) atoms. The van der Waals surface area contributed by atoms with Gasteiger partial charge in [0, 0.05) is 29.2 Å². The van der Waals surface area contributed by atoms with E-state index in [4.69, 9.17) is 16.3 Å². The Balaban J connectivity index is 1.51. The molecule has 3 N–H and O–H groups in total. The summed E-state index contributed by atoms with van der Waals surface area (Å²) in [5, 5.41) is 23.1. The van der Waals surface area contributed by atoms with Gasteiger partial charge in [-0.2, -0.15) is 15.0 Å². The number of H-pyrrole nitrogens is 1. The van der Waals surface area contributed by atoms with Crippen molar-refractivity contribution in [3.63, 3.8) is 0 Å². The van der Waals surface area contributed by atoms with Crippen LogP contribution in [0.1, 0.15) is 0 Å². The van der Waals surface area contributed by atoms with E-state index < -0.39 is 0 Å². The Kier molecular flexibility index (Phi) is 5.53. The van der Waals surface area contributed by atoms with Crippen molar-refractivity contribution in [3.05, 3.63) is 53.6 Å². The highest BCUT2D eigenvalue weighted by atomic mass is 35.5. The number of aromatic nitrogens is 4. The van der Waals surface area contributed by atoms with Gasteiger partial charge in [0.15, 0.2) is 5.69 Å². The Morgan fingerprint density at radius 3 is 2.72 bits per heavy atom. The first-order valence-electron chi connectivity index (χ1n) is 9.98. The molecule has 0 radical (unpaired) electrons. The number of ether oxygens (including phenoxy) is 1. The molecule has 11 heteroatoms. The second kappa shape index (κ2) is 8.77.